The molecule has 0 bridgehead atoms. The first kappa shape index (κ1) is 15.5. The molecule has 1 rings (SSSR count). The Morgan fingerprint density at radius 1 is 1.22 bits per heavy atom. The van der Waals surface area contributed by atoms with E-state index < -0.39 is 14.8 Å². The van der Waals surface area contributed by atoms with E-state index in [1.165, 1.54) is 0 Å². The summed E-state index contributed by atoms with van der Waals surface area (Å²) in [7, 11) is -3.70. The maximum atomic E-state index is 11.9. The molecular formula is C9H8Cl3NO4S. The molecule has 0 aliphatic heterocycles. The summed E-state index contributed by atoms with van der Waals surface area (Å²) in [6.07, 6.45) is 0.244. The fourth-order valence-electron chi connectivity index (χ4n) is 1.30. The number of nitro groups is 1. The lowest BCUT2D eigenvalue weighted by Crippen LogP contribution is -2.09. The molecular weight excluding hydrogens is 325 g/mol. The van der Waals surface area contributed by atoms with Gasteiger partial charge in [0.1, 0.15) is 4.90 Å². The number of benzene rings is 1. The number of hydrogen-bond acceptors (Lipinski definition) is 4. The normalized spacial score (nSPS) is 11.5. The minimum atomic E-state index is -3.70. The summed E-state index contributed by atoms with van der Waals surface area (Å²) in [5.41, 5.74) is -0.360. The number of nitrogens with zero attached hydrogens (tertiary/aromatic N) is 1. The van der Waals surface area contributed by atoms with Gasteiger partial charge in [0, 0.05) is 18.0 Å². The van der Waals surface area contributed by atoms with E-state index in [-0.39, 0.29) is 38.7 Å². The van der Waals surface area contributed by atoms with Gasteiger partial charge in [-0.25, -0.2) is 8.42 Å². The quantitative estimate of drug-likeness (QED) is 0.471. The van der Waals surface area contributed by atoms with Gasteiger partial charge >= 0.3 is 0 Å². The largest absolute Gasteiger partial charge is 0.272 e. The van der Waals surface area contributed by atoms with Gasteiger partial charge in [0.2, 0.25) is 0 Å². The minimum absolute atomic E-state index is 0.182. The fraction of sp³-hybridized carbons (Fsp3) is 0.333. The Labute approximate surface area is 119 Å². The van der Waals surface area contributed by atoms with Crippen molar-refractivity contribution >= 4 is 50.3 Å². The molecule has 1 aromatic rings. The van der Waals surface area contributed by atoms with Crippen LogP contribution >= 0.6 is 34.8 Å². The molecule has 100 valence electrons. The third-order valence-corrected chi connectivity index (χ3v) is 5.03. The predicted octanol–water partition coefficient (Wildman–Crippen LogP) is 3.30. The van der Waals surface area contributed by atoms with Crippen molar-refractivity contribution in [1.82, 2.24) is 0 Å². The molecule has 1 aromatic carbocycles. The molecule has 0 aliphatic rings. The second-order valence-corrected chi connectivity index (χ2v) is 6.60. The van der Waals surface area contributed by atoms with Crippen LogP contribution in [0.15, 0.2) is 17.0 Å². The monoisotopic (exact) mass is 331 g/mol. The van der Waals surface area contributed by atoms with E-state index in [9.17, 15) is 18.5 Å². The van der Waals surface area contributed by atoms with Crippen molar-refractivity contribution in [2.45, 2.75) is 11.3 Å². The lowest BCUT2D eigenvalue weighted by atomic mass is 10.3. The molecule has 0 spiro atoms. The first-order valence-electron chi connectivity index (χ1n) is 4.71. The molecule has 0 aromatic heterocycles. The van der Waals surface area contributed by atoms with Gasteiger partial charge in [-0.15, -0.1) is 11.6 Å². The van der Waals surface area contributed by atoms with E-state index in [2.05, 4.69) is 0 Å². The summed E-state index contributed by atoms with van der Waals surface area (Å²) in [6.45, 7) is 0. The molecule has 0 aliphatic carbocycles. The molecule has 0 unspecified atom stereocenters. The van der Waals surface area contributed by atoms with Crippen molar-refractivity contribution in [2.75, 3.05) is 11.6 Å². The zero-order valence-corrected chi connectivity index (χ0v) is 12.0. The van der Waals surface area contributed by atoms with Gasteiger partial charge in [0.15, 0.2) is 9.84 Å². The second kappa shape index (κ2) is 6.06. The van der Waals surface area contributed by atoms with E-state index in [0.29, 0.717) is 0 Å². The summed E-state index contributed by atoms with van der Waals surface area (Å²) in [5, 5.41) is 10.0. The second-order valence-electron chi connectivity index (χ2n) is 3.36. The van der Waals surface area contributed by atoms with Crippen LogP contribution in [0.25, 0.3) is 0 Å². The lowest BCUT2D eigenvalue weighted by Gasteiger charge is -2.07. The Kier molecular flexibility index (Phi) is 5.21. The molecule has 0 heterocycles. The van der Waals surface area contributed by atoms with Crippen LogP contribution in [-0.4, -0.2) is 25.0 Å². The molecule has 0 radical (unpaired) electrons. The van der Waals surface area contributed by atoms with E-state index in [1.807, 2.05) is 0 Å². The van der Waals surface area contributed by atoms with Crippen molar-refractivity contribution in [3.05, 3.63) is 32.3 Å². The van der Waals surface area contributed by atoms with Gasteiger partial charge in [0.25, 0.3) is 5.69 Å². The number of hydrogen-bond donors (Lipinski definition) is 0. The number of nitro benzene ring substituents is 1. The molecule has 0 atom stereocenters. The molecule has 0 N–H and O–H groups in total. The minimum Gasteiger partial charge on any atom is -0.258 e. The zero-order valence-electron chi connectivity index (χ0n) is 8.90. The number of rotatable bonds is 5. The number of halogens is 3. The Morgan fingerprint density at radius 2 is 1.72 bits per heavy atom. The van der Waals surface area contributed by atoms with E-state index in [0.717, 1.165) is 12.1 Å². The highest BCUT2D eigenvalue weighted by Crippen LogP contribution is 2.34. The van der Waals surface area contributed by atoms with Crippen LogP contribution in [0.5, 0.6) is 0 Å². The van der Waals surface area contributed by atoms with E-state index in [1.54, 1.807) is 0 Å². The van der Waals surface area contributed by atoms with Crippen LogP contribution in [0, 0.1) is 10.1 Å². The topological polar surface area (TPSA) is 77.3 Å². The highest BCUT2D eigenvalue weighted by Gasteiger charge is 2.24. The van der Waals surface area contributed by atoms with Gasteiger partial charge in [-0.05, 0) is 6.42 Å². The molecule has 9 heteroatoms. The van der Waals surface area contributed by atoms with Crippen molar-refractivity contribution < 1.29 is 13.3 Å². The smallest absolute Gasteiger partial charge is 0.258 e. The zero-order chi connectivity index (χ0) is 13.9. The predicted molar refractivity (Wildman–Crippen MR) is 70.5 cm³/mol. The number of sulfone groups is 1. The molecule has 0 fully saturated rings. The fourth-order valence-corrected chi connectivity index (χ4v) is 4.21. The van der Waals surface area contributed by atoms with Gasteiger partial charge in [-0.2, -0.15) is 0 Å². The lowest BCUT2D eigenvalue weighted by molar-refractivity contribution is -0.384. The first-order valence-corrected chi connectivity index (χ1v) is 7.66. The Balaban J connectivity index is 3.30. The SMILES string of the molecule is O=[N+]([O-])c1cc(Cl)c(S(=O)(=O)CCCCl)c(Cl)c1. The van der Waals surface area contributed by atoms with Gasteiger partial charge < -0.3 is 0 Å². The molecule has 0 saturated heterocycles. The molecule has 0 saturated carbocycles. The van der Waals surface area contributed by atoms with Crippen molar-refractivity contribution in [1.29, 1.82) is 0 Å². The highest BCUT2D eigenvalue weighted by molar-refractivity contribution is 7.91. The summed E-state index contributed by atoms with van der Waals surface area (Å²) >= 11 is 16.9. The maximum absolute atomic E-state index is 11.9. The van der Waals surface area contributed by atoms with Crippen molar-refractivity contribution in [3.63, 3.8) is 0 Å². The first-order chi connectivity index (χ1) is 8.29. The van der Waals surface area contributed by atoms with Crippen LogP contribution in [0.1, 0.15) is 6.42 Å². The number of alkyl halides is 1. The Hall–Kier alpha value is -0.560. The van der Waals surface area contributed by atoms with Crippen LogP contribution in [0.2, 0.25) is 10.0 Å². The van der Waals surface area contributed by atoms with E-state index >= 15 is 0 Å². The standard InChI is InChI=1S/C9H8Cl3NO4S/c10-2-1-3-18(16,17)9-7(11)4-6(13(14)15)5-8(9)12/h4-5H,1-3H2. The van der Waals surface area contributed by atoms with Crippen LogP contribution in [0.3, 0.4) is 0 Å². The Morgan fingerprint density at radius 3 is 2.11 bits per heavy atom. The highest BCUT2D eigenvalue weighted by atomic mass is 35.5. The van der Waals surface area contributed by atoms with Crippen molar-refractivity contribution in [2.24, 2.45) is 0 Å². The van der Waals surface area contributed by atoms with Crippen LogP contribution in [-0.2, 0) is 9.84 Å². The average Bonchev–Trinajstić information content (AvgIpc) is 2.24. The summed E-state index contributed by atoms with van der Waals surface area (Å²) in [4.78, 5) is 9.57. The summed E-state index contributed by atoms with van der Waals surface area (Å²) < 4.78 is 23.8. The molecule has 0 amide bonds. The summed E-state index contributed by atoms with van der Waals surface area (Å²) in [5.74, 6) is -0.0325. The Bertz CT molecular complexity index is 550. The van der Waals surface area contributed by atoms with Gasteiger partial charge in [-0.1, -0.05) is 23.2 Å². The number of non-ortho nitro benzene ring substituents is 1. The molecule has 18 heavy (non-hydrogen) atoms. The third-order valence-electron chi connectivity index (χ3n) is 2.05. The maximum Gasteiger partial charge on any atom is 0.272 e. The van der Waals surface area contributed by atoms with Gasteiger partial charge in [0.05, 0.1) is 20.7 Å². The van der Waals surface area contributed by atoms with Crippen LogP contribution in [0.4, 0.5) is 5.69 Å². The third kappa shape index (κ3) is 3.47. The molecule has 5 nitrogen and oxygen atoms in total. The van der Waals surface area contributed by atoms with E-state index in [4.69, 9.17) is 34.8 Å². The van der Waals surface area contributed by atoms with Crippen molar-refractivity contribution in [3.8, 4) is 0 Å². The average molecular weight is 333 g/mol. The van der Waals surface area contributed by atoms with Gasteiger partial charge in [-0.3, -0.25) is 10.1 Å². The van der Waals surface area contributed by atoms with Crippen LogP contribution < -0.4 is 0 Å². The summed E-state index contributed by atoms with van der Waals surface area (Å²) in [6, 6.07) is 1.92.